The molecule has 27 heavy (non-hydrogen) atoms. The molecule has 4 heterocycles. The molecule has 1 N–H and O–H groups in total. The predicted octanol–water partition coefficient (Wildman–Crippen LogP) is 1.84. The first-order valence-corrected chi connectivity index (χ1v) is 9.92. The van der Waals surface area contributed by atoms with Gasteiger partial charge in [0, 0.05) is 24.8 Å². The molecule has 0 aromatic carbocycles. The quantitative estimate of drug-likeness (QED) is 0.890. The molecule has 0 aliphatic carbocycles. The number of hydrogen-bond donors (Lipinski definition) is 1. The van der Waals surface area contributed by atoms with Crippen LogP contribution in [0, 0.1) is 20.8 Å². The summed E-state index contributed by atoms with van der Waals surface area (Å²) in [6, 6.07) is 0.409. The van der Waals surface area contributed by atoms with Crippen molar-refractivity contribution >= 4 is 5.91 Å². The van der Waals surface area contributed by atoms with Crippen LogP contribution in [0.3, 0.4) is 0 Å². The molecular formula is C19H29N7O. The van der Waals surface area contributed by atoms with Gasteiger partial charge in [0.1, 0.15) is 0 Å². The van der Waals surface area contributed by atoms with Gasteiger partial charge in [-0.1, -0.05) is 5.21 Å². The van der Waals surface area contributed by atoms with E-state index in [-0.39, 0.29) is 11.9 Å². The van der Waals surface area contributed by atoms with Crippen LogP contribution in [-0.4, -0.2) is 55.2 Å². The average Bonchev–Trinajstić information content (AvgIpc) is 3.34. The van der Waals surface area contributed by atoms with Crippen molar-refractivity contribution in [1.82, 2.24) is 35.0 Å². The van der Waals surface area contributed by atoms with Crippen molar-refractivity contribution < 1.29 is 4.79 Å². The Morgan fingerprint density at radius 3 is 2.52 bits per heavy atom. The zero-order valence-corrected chi connectivity index (χ0v) is 16.7. The Labute approximate surface area is 159 Å². The largest absolute Gasteiger partial charge is 0.330 e. The summed E-state index contributed by atoms with van der Waals surface area (Å²) in [5.41, 5.74) is 4.71. The lowest BCUT2D eigenvalue weighted by Gasteiger charge is -2.25. The number of aryl methyl sites for hydroxylation is 2. The Balaban J connectivity index is 1.61. The molecule has 2 saturated heterocycles. The van der Waals surface area contributed by atoms with E-state index in [2.05, 4.69) is 27.7 Å². The molecule has 8 heteroatoms. The highest BCUT2D eigenvalue weighted by Gasteiger charge is 2.36. The highest BCUT2D eigenvalue weighted by molar-refractivity contribution is 5.93. The van der Waals surface area contributed by atoms with E-state index >= 15 is 0 Å². The third-order valence-corrected chi connectivity index (χ3v) is 6.20. The smallest absolute Gasteiger partial charge is 0.276 e. The number of amides is 1. The molecule has 1 amide bonds. The van der Waals surface area contributed by atoms with Gasteiger partial charge < -0.3 is 10.2 Å². The maximum atomic E-state index is 13.3. The maximum Gasteiger partial charge on any atom is 0.276 e. The first-order valence-electron chi connectivity index (χ1n) is 9.92. The Morgan fingerprint density at radius 1 is 1.11 bits per heavy atom. The van der Waals surface area contributed by atoms with Crippen LogP contribution in [0.15, 0.2) is 0 Å². The summed E-state index contributed by atoms with van der Waals surface area (Å²) in [7, 11) is 1.96. The van der Waals surface area contributed by atoms with Gasteiger partial charge in [0.15, 0.2) is 5.69 Å². The second-order valence-corrected chi connectivity index (χ2v) is 7.81. The molecule has 1 unspecified atom stereocenters. The summed E-state index contributed by atoms with van der Waals surface area (Å²) in [4.78, 5) is 15.3. The van der Waals surface area contributed by atoms with Gasteiger partial charge >= 0.3 is 0 Å². The Bertz CT molecular complexity index is 847. The standard InChI is InChI=1S/C19H29N7O/c1-12-17(13(2)24(4)22-12)16-6-5-11-25(16)19(27)18-14(3)26(23-21-18)15-7-9-20-10-8-15/h15-16,20H,5-11H2,1-4H3. The first kappa shape index (κ1) is 18.2. The van der Waals surface area contributed by atoms with Gasteiger partial charge in [-0.25, -0.2) is 4.68 Å². The summed E-state index contributed by atoms with van der Waals surface area (Å²) in [5.74, 6) is -0.00200. The van der Waals surface area contributed by atoms with Crippen molar-refractivity contribution in [3.63, 3.8) is 0 Å². The zero-order valence-electron chi connectivity index (χ0n) is 16.7. The van der Waals surface area contributed by atoms with Gasteiger partial charge in [0.05, 0.1) is 23.5 Å². The van der Waals surface area contributed by atoms with Crippen molar-refractivity contribution in [3.8, 4) is 0 Å². The number of nitrogens with one attached hydrogen (secondary N) is 1. The fraction of sp³-hybridized carbons (Fsp3) is 0.684. The van der Waals surface area contributed by atoms with Crippen LogP contribution in [0.25, 0.3) is 0 Å². The van der Waals surface area contributed by atoms with Crippen molar-refractivity contribution in [3.05, 3.63) is 28.3 Å². The van der Waals surface area contributed by atoms with Crippen LogP contribution in [0.1, 0.15) is 70.9 Å². The van der Waals surface area contributed by atoms with E-state index in [1.54, 1.807) is 0 Å². The Morgan fingerprint density at radius 2 is 1.85 bits per heavy atom. The molecule has 4 rings (SSSR count). The summed E-state index contributed by atoms with van der Waals surface area (Å²) in [6.45, 7) is 8.82. The Hall–Kier alpha value is -2.22. The second-order valence-electron chi connectivity index (χ2n) is 7.81. The monoisotopic (exact) mass is 371 g/mol. The fourth-order valence-electron chi connectivity index (χ4n) is 4.65. The highest BCUT2D eigenvalue weighted by atomic mass is 16.2. The molecule has 8 nitrogen and oxygen atoms in total. The molecule has 1 atom stereocenters. The predicted molar refractivity (Wildman–Crippen MR) is 102 cm³/mol. The number of aromatic nitrogens is 5. The van der Waals surface area contributed by atoms with Crippen LogP contribution in [-0.2, 0) is 7.05 Å². The number of likely N-dealkylation sites (tertiary alicyclic amines) is 1. The highest BCUT2D eigenvalue weighted by Crippen LogP contribution is 2.36. The lowest BCUT2D eigenvalue weighted by Crippen LogP contribution is -2.32. The number of hydrogen-bond acceptors (Lipinski definition) is 5. The zero-order chi connectivity index (χ0) is 19.1. The minimum Gasteiger partial charge on any atom is -0.330 e. The summed E-state index contributed by atoms with van der Waals surface area (Å²) in [5, 5.41) is 16.6. The summed E-state index contributed by atoms with van der Waals surface area (Å²) in [6.07, 6.45) is 4.03. The molecular weight excluding hydrogens is 342 g/mol. The van der Waals surface area contributed by atoms with E-state index in [0.29, 0.717) is 11.7 Å². The topological polar surface area (TPSA) is 80.9 Å². The van der Waals surface area contributed by atoms with Gasteiger partial charge in [-0.2, -0.15) is 5.10 Å². The van der Waals surface area contributed by atoms with E-state index < -0.39 is 0 Å². The molecule has 0 bridgehead atoms. The minimum absolute atomic E-state index is 0.00200. The van der Waals surface area contributed by atoms with Gasteiger partial charge in [0.25, 0.3) is 5.91 Å². The second kappa shape index (κ2) is 7.07. The van der Waals surface area contributed by atoms with Crippen molar-refractivity contribution in [1.29, 1.82) is 0 Å². The van der Waals surface area contributed by atoms with Crippen LogP contribution in [0.2, 0.25) is 0 Å². The first-order chi connectivity index (χ1) is 13.0. The molecule has 0 saturated carbocycles. The molecule has 2 aliphatic rings. The lowest BCUT2D eigenvalue weighted by atomic mass is 10.0. The van der Waals surface area contributed by atoms with Crippen LogP contribution < -0.4 is 5.32 Å². The van der Waals surface area contributed by atoms with Gasteiger partial charge in [-0.15, -0.1) is 5.10 Å². The molecule has 0 radical (unpaired) electrons. The van der Waals surface area contributed by atoms with Crippen molar-refractivity contribution in [2.45, 2.75) is 58.5 Å². The molecule has 2 fully saturated rings. The number of piperidine rings is 1. The van der Waals surface area contributed by atoms with E-state index in [0.717, 1.165) is 62.4 Å². The average molecular weight is 371 g/mol. The van der Waals surface area contributed by atoms with Crippen molar-refractivity contribution in [2.24, 2.45) is 7.05 Å². The van der Waals surface area contributed by atoms with Gasteiger partial charge in [-0.05, 0) is 59.5 Å². The molecule has 146 valence electrons. The third-order valence-electron chi connectivity index (χ3n) is 6.20. The van der Waals surface area contributed by atoms with Crippen LogP contribution in [0.4, 0.5) is 0 Å². The van der Waals surface area contributed by atoms with Gasteiger partial charge in [0.2, 0.25) is 0 Å². The van der Waals surface area contributed by atoms with E-state index in [9.17, 15) is 4.79 Å². The number of rotatable bonds is 3. The van der Waals surface area contributed by atoms with Crippen LogP contribution in [0.5, 0.6) is 0 Å². The molecule has 2 aromatic heterocycles. The van der Waals surface area contributed by atoms with Gasteiger partial charge in [-0.3, -0.25) is 9.48 Å². The molecule has 2 aromatic rings. The summed E-state index contributed by atoms with van der Waals surface area (Å²) >= 11 is 0. The SMILES string of the molecule is Cc1nn(C)c(C)c1C1CCCN1C(=O)c1nnn(C2CCNCC2)c1C. The van der Waals surface area contributed by atoms with E-state index in [4.69, 9.17) is 0 Å². The Kier molecular flexibility index (Phi) is 4.75. The van der Waals surface area contributed by atoms with E-state index in [1.165, 1.54) is 5.56 Å². The van der Waals surface area contributed by atoms with Crippen LogP contribution >= 0.6 is 0 Å². The fourth-order valence-corrected chi connectivity index (χ4v) is 4.65. The maximum absolute atomic E-state index is 13.3. The minimum atomic E-state index is -0.00200. The third kappa shape index (κ3) is 3.05. The number of carbonyl (C=O) groups is 1. The number of carbonyl (C=O) groups excluding carboxylic acids is 1. The molecule has 0 spiro atoms. The van der Waals surface area contributed by atoms with E-state index in [1.807, 2.05) is 35.2 Å². The normalized spacial score (nSPS) is 21.2. The lowest BCUT2D eigenvalue weighted by molar-refractivity contribution is 0.0728. The van der Waals surface area contributed by atoms with Crippen molar-refractivity contribution in [2.75, 3.05) is 19.6 Å². The summed E-state index contributed by atoms with van der Waals surface area (Å²) < 4.78 is 3.87. The molecule has 2 aliphatic heterocycles. The number of nitrogens with zero attached hydrogens (tertiary/aromatic N) is 6.